The van der Waals surface area contributed by atoms with Crippen molar-refractivity contribution in [1.82, 2.24) is 10.2 Å². The van der Waals surface area contributed by atoms with Gasteiger partial charge < -0.3 is 5.32 Å². The lowest BCUT2D eigenvalue weighted by Crippen LogP contribution is -2.07. The molecule has 0 aliphatic rings. The highest BCUT2D eigenvalue weighted by Crippen LogP contribution is 2.15. The molecule has 1 aromatic heterocycles. The minimum absolute atomic E-state index is 0.308. The van der Waals surface area contributed by atoms with Crippen molar-refractivity contribution in [3.63, 3.8) is 0 Å². The third-order valence-corrected chi connectivity index (χ3v) is 2.79. The minimum atomic E-state index is -0.363. The Labute approximate surface area is 116 Å². The molecule has 20 heavy (non-hydrogen) atoms. The lowest BCUT2D eigenvalue weighted by atomic mass is 10.1. The van der Waals surface area contributed by atoms with Crippen LogP contribution >= 0.6 is 0 Å². The second-order valence-electron chi connectivity index (χ2n) is 4.71. The van der Waals surface area contributed by atoms with E-state index in [4.69, 9.17) is 0 Å². The van der Waals surface area contributed by atoms with Gasteiger partial charge in [0.1, 0.15) is 5.82 Å². The molecule has 1 heterocycles. The van der Waals surface area contributed by atoms with Gasteiger partial charge in [-0.25, -0.2) is 4.39 Å². The van der Waals surface area contributed by atoms with Crippen LogP contribution in [0.1, 0.15) is 31.0 Å². The van der Waals surface area contributed by atoms with Crippen LogP contribution in [0.4, 0.5) is 10.2 Å². The first-order valence-corrected chi connectivity index (χ1v) is 6.35. The van der Waals surface area contributed by atoms with Crippen LogP contribution in [0.3, 0.4) is 0 Å². The molecule has 1 aromatic carbocycles. The van der Waals surface area contributed by atoms with Gasteiger partial charge in [0.05, 0.1) is 0 Å². The van der Waals surface area contributed by atoms with E-state index in [2.05, 4.69) is 15.5 Å². The molecule has 5 heteroatoms. The standard InChI is InChI=1S/C15H16FN3O/c1-10(2)13-9-14(19-18-13)17-15(20)8-7-11-5-3-4-6-12(11)16/h3-10H,1-2H3,(H2,17,18,19,20)/b8-7+. The molecule has 0 fully saturated rings. The number of carbonyl (C=O) groups is 1. The average molecular weight is 273 g/mol. The van der Waals surface area contributed by atoms with Crippen molar-refractivity contribution in [2.75, 3.05) is 5.32 Å². The Morgan fingerprint density at radius 2 is 2.15 bits per heavy atom. The summed E-state index contributed by atoms with van der Waals surface area (Å²) in [6, 6.07) is 8.04. The van der Waals surface area contributed by atoms with E-state index in [1.165, 1.54) is 18.2 Å². The van der Waals surface area contributed by atoms with Crippen molar-refractivity contribution >= 4 is 17.8 Å². The first kappa shape index (κ1) is 14.0. The Morgan fingerprint density at radius 3 is 2.80 bits per heavy atom. The molecule has 4 nitrogen and oxygen atoms in total. The summed E-state index contributed by atoms with van der Waals surface area (Å²) < 4.78 is 13.4. The Hall–Kier alpha value is -2.43. The molecule has 0 spiro atoms. The monoisotopic (exact) mass is 273 g/mol. The van der Waals surface area contributed by atoms with Crippen LogP contribution < -0.4 is 5.32 Å². The van der Waals surface area contributed by atoms with Gasteiger partial charge in [0.15, 0.2) is 5.82 Å². The molecule has 0 bridgehead atoms. The predicted octanol–water partition coefficient (Wildman–Crippen LogP) is 3.32. The first-order chi connectivity index (χ1) is 9.56. The van der Waals surface area contributed by atoms with Gasteiger partial charge in [0.25, 0.3) is 0 Å². The Morgan fingerprint density at radius 1 is 1.40 bits per heavy atom. The molecule has 2 rings (SSSR count). The summed E-state index contributed by atoms with van der Waals surface area (Å²) >= 11 is 0. The molecular weight excluding hydrogens is 257 g/mol. The van der Waals surface area contributed by atoms with Gasteiger partial charge in [-0.1, -0.05) is 32.0 Å². The number of aromatic nitrogens is 2. The number of benzene rings is 1. The van der Waals surface area contributed by atoms with E-state index in [-0.39, 0.29) is 11.7 Å². The van der Waals surface area contributed by atoms with Crippen LogP contribution in [0, 0.1) is 5.82 Å². The van der Waals surface area contributed by atoms with Crippen molar-refractivity contribution in [3.8, 4) is 0 Å². The Balaban J connectivity index is 2.00. The van der Waals surface area contributed by atoms with Crippen molar-refractivity contribution in [2.24, 2.45) is 0 Å². The number of hydrogen-bond acceptors (Lipinski definition) is 2. The maximum atomic E-state index is 13.4. The van der Waals surface area contributed by atoms with Crippen LogP contribution in [-0.2, 0) is 4.79 Å². The molecule has 2 aromatic rings. The van der Waals surface area contributed by atoms with Crippen LogP contribution in [-0.4, -0.2) is 16.1 Å². The fourth-order valence-electron chi connectivity index (χ4n) is 1.64. The maximum absolute atomic E-state index is 13.4. The summed E-state index contributed by atoms with van der Waals surface area (Å²) in [4.78, 5) is 11.7. The highest BCUT2D eigenvalue weighted by atomic mass is 19.1. The van der Waals surface area contributed by atoms with Crippen LogP contribution in [0.2, 0.25) is 0 Å². The molecule has 0 atom stereocenters. The molecule has 0 unspecified atom stereocenters. The number of nitrogens with zero attached hydrogens (tertiary/aromatic N) is 1. The van der Waals surface area contributed by atoms with E-state index in [0.29, 0.717) is 17.3 Å². The number of halogens is 1. The summed E-state index contributed by atoms with van der Waals surface area (Å²) in [7, 11) is 0. The largest absolute Gasteiger partial charge is 0.306 e. The van der Waals surface area contributed by atoms with Gasteiger partial charge in [-0.2, -0.15) is 5.10 Å². The summed E-state index contributed by atoms with van der Waals surface area (Å²) in [5.41, 5.74) is 1.31. The van der Waals surface area contributed by atoms with E-state index < -0.39 is 0 Å². The molecule has 0 saturated heterocycles. The lowest BCUT2D eigenvalue weighted by Gasteiger charge is -1.98. The van der Waals surface area contributed by atoms with Crippen molar-refractivity contribution in [3.05, 3.63) is 53.5 Å². The number of aromatic amines is 1. The zero-order chi connectivity index (χ0) is 14.5. The van der Waals surface area contributed by atoms with Gasteiger partial charge in [-0.15, -0.1) is 0 Å². The van der Waals surface area contributed by atoms with Gasteiger partial charge in [-0.05, 0) is 18.1 Å². The molecule has 0 radical (unpaired) electrons. The molecule has 2 N–H and O–H groups in total. The van der Waals surface area contributed by atoms with Crippen LogP contribution in [0.15, 0.2) is 36.4 Å². The summed E-state index contributed by atoms with van der Waals surface area (Å²) in [6.07, 6.45) is 2.71. The van der Waals surface area contributed by atoms with Gasteiger partial charge in [-0.3, -0.25) is 9.89 Å². The Kier molecular flexibility index (Phi) is 4.30. The number of H-pyrrole nitrogens is 1. The van der Waals surface area contributed by atoms with E-state index in [1.807, 2.05) is 13.8 Å². The number of nitrogens with one attached hydrogen (secondary N) is 2. The van der Waals surface area contributed by atoms with Crippen molar-refractivity contribution in [2.45, 2.75) is 19.8 Å². The number of carbonyl (C=O) groups excluding carboxylic acids is 1. The fraction of sp³-hybridized carbons (Fsp3) is 0.200. The van der Waals surface area contributed by atoms with E-state index in [9.17, 15) is 9.18 Å². The second-order valence-corrected chi connectivity index (χ2v) is 4.71. The summed E-state index contributed by atoms with van der Waals surface area (Å²) in [5.74, 6) is 0.0486. The number of rotatable bonds is 4. The smallest absolute Gasteiger partial charge is 0.249 e. The van der Waals surface area contributed by atoms with Crippen LogP contribution in [0.25, 0.3) is 6.08 Å². The molecule has 0 aliphatic heterocycles. The van der Waals surface area contributed by atoms with Crippen LogP contribution in [0.5, 0.6) is 0 Å². The topological polar surface area (TPSA) is 57.8 Å². The van der Waals surface area contributed by atoms with Gasteiger partial charge in [0, 0.05) is 23.4 Å². The van der Waals surface area contributed by atoms with E-state index in [1.54, 1.807) is 24.3 Å². The van der Waals surface area contributed by atoms with E-state index in [0.717, 1.165) is 5.69 Å². The predicted molar refractivity (Wildman–Crippen MR) is 76.7 cm³/mol. The zero-order valence-corrected chi connectivity index (χ0v) is 11.4. The minimum Gasteiger partial charge on any atom is -0.306 e. The normalized spacial score (nSPS) is 11.2. The molecule has 1 amide bonds. The van der Waals surface area contributed by atoms with Crippen molar-refractivity contribution in [1.29, 1.82) is 0 Å². The first-order valence-electron chi connectivity index (χ1n) is 6.35. The van der Waals surface area contributed by atoms with E-state index >= 15 is 0 Å². The molecule has 0 saturated carbocycles. The van der Waals surface area contributed by atoms with Gasteiger partial charge >= 0.3 is 0 Å². The zero-order valence-electron chi connectivity index (χ0n) is 11.4. The second kappa shape index (κ2) is 6.14. The van der Waals surface area contributed by atoms with Gasteiger partial charge in [0.2, 0.25) is 5.91 Å². The molecule has 104 valence electrons. The van der Waals surface area contributed by atoms with Crippen molar-refractivity contribution < 1.29 is 9.18 Å². The third-order valence-electron chi connectivity index (χ3n) is 2.79. The highest BCUT2D eigenvalue weighted by Gasteiger charge is 2.06. The maximum Gasteiger partial charge on any atom is 0.249 e. The fourth-order valence-corrected chi connectivity index (χ4v) is 1.64. The number of amides is 1. The highest BCUT2D eigenvalue weighted by molar-refractivity contribution is 6.01. The lowest BCUT2D eigenvalue weighted by molar-refractivity contribution is -0.111. The SMILES string of the molecule is CC(C)c1cc(NC(=O)/C=C/c2ccccc2F)n[nH]1. The quantitative estimate of drug-likeness (QED) is 0.839. The molecular formula is C15H16FN3O. The average Bonchev–Trinajstić information content (AvgIpc) is 2.86. The molecule has 0 aliphatic carbocycles. The Bertz CT molecular complexity index is 632. The summed E-state index contributed by atoms with van der Waals surface area (Å²) in [6.45, 7) is 4.05. The number of anilines is 1. The third kappa shape index (κ3) is 3.54. The summed E-state index contributed by atoms with van der Waals surface area (Å²) in [5, 5.41) is 9.45. The number of hydrogen-bond donors (Lipinski definition) is 2.